The molecular formula is C23H20Cl3IN2O2. The molecule has 0 amide bonds. The third-order valence-electron chi connectivity index (χ3n) is 4.25. The van der Waals surface area contributed by atoms with E-state index >= 15 is 0 Å². The van der Waals surface area contributed by atoms with Gasteiger partial charge in [-0.25, -0.2) is 0 Å². The average Bonchev–Trinajstić information content (AvgIpc) is 2.74. The molecule has 0 atom stereocenters. The van der Waals surface area contributed by atoms with Gasteiger partial charge in [0.1, 0.15) is 6.61 Å². The molecule has 0 radical (unpaired) electrons. The number of nitrogens with zero attached hydrogens (tertiary/aromatic N) is 1. The molecule has 3 aromatic carbocycles. The van der Waals surface area contributed by atoms with Gasteiger partial charge >= 0.3 is 0 Å². The second-order valence-corrected chi connectivity index (χ2v) is 8.88. The molecule has 0 unspecified atom stereocenters. The van der Waals surface area contributed by atoms with Crippen LogP contribution in [0.1, 0.15) is 23.6 Å². The maximum atomic E-state index is 6.19. The zero-order valence-electron chi connectivity index (χ0n) is 16.7. The van der Waals surface area contributed by atoms with Crippen LogP contribution in [-0.4, -0.2) is 12.8 Å². The van der Waals surface area contributed by atoms with Gasteiger partial charge in [0.15, 0.2) is 11.5 Å². The Morgan fingerprint density at radius 3 is 2.39 bits per heavy atom. The molecule has 0 saturated carbocycles. The van der Waals surface area contributed by atoms with Gasteiger partial charge in [-0.05, 0) is 77.0 Å². The predicted molar refractivity (Wildman–Crippen MR) is 137 cm³/mol. The Morgan fingerprint density at radius 2 is 1.71 bits per heavy atom. The van der Waals surface area contributed by atoms with Crippen LogP contribution in [0.3, 0.4) is 0 Å². The van der Waals surface area contributed by atoms with Gasteiger partial charge in [0.25, 0.3) is 0 Å². The van der Waals surface area contributed by atoms with E-state index in [0.29, 0.717) is 46.3 Å². The van der Waals surface area contributed by atoms with E-state index in [0.717, 1.165) is 20.3 Å². The predicted octanol–water partition coefficient (Wildman–Crippen LogP) is 7.35. The van der Waals surface area contributed by atoms with Crippen molar-refractivity contribution >= 4 is 63.6 Å². The Labute approximate surface area is 210 Å². The summed E-state index contributed by atoms with van der Waals surface area (Å²) in [6, 6.07) is 16.9. The van der Waals surface area contributed by atoms with E-state index in [-0.39, 0.29) is 0 Å². The maximum absolute atomic E-state index is 6.19. The SMILES string of the molecule is CCOc1cc(/C=N/NCc2c(Cl)cccc2Cl)cc(I)c1OCc1ccc(Cl)cc1. The lowest BCUT2D eigenvalue weighted by Gasteiger charge is -2.15. The molecule has 0 aliphatic rings. The van der Waals surface area contributed by atoms with Crippen molar-refractivity contribution in [2.24, 2.45) is 5.10 Å². The van der Waals surface area contributed by atoms with Gasteiger partial charge in [0, 0.05) is 20.6 Å². The summed E-state index contributed by atoms with van der Waals surface area (Å²) in [5.74, 6) is 1.37. The van der Waals surface area contributed by atoms with Gasteiger partial charge in [0.05, 0.1) is 22.9 Å². The summed E-state index contributed by atoms with van der Waals surface area (Å²) in [6.45, 7) is 3.30. The van der Waals surface area contributed by atoms with Crippen LogP contribution in [0.5, 0.6) is 11.5 Å². The van der Waals surface area contributed by atoms with Gasteiger partial charge in [0.2, 0.25) is 0 Å². The molecule has 3 aromatic rings. The highest BCUT2D eigenvalue weighted by Gasteiger charge is 2.12. The Balaban J connectivity index is 1.70. The van der Waals surface area contributed by atoms with Crippen LogP contribution in [0.15, 0.2) is 59.7 Å². The van der Waals surface area contributed by atoms with E-state index in [1.165, 1.54) is 0 Å². The fourth-order valence-electron chi connectivity index (χ4n) is 2.75. The van der Waals surface area contributed by atoms with E-state index < -0.39 is 0 Å². The van der Waals surface area contributed by atoms with Crippen molar-refractivity contribution in [1.82, 2.24) is 5.43 Å². The first kappa shape index (κ1) is 24.0. The molecule has 0 heterocycles. The minimum atomic E-state index is 0.417. The Morgan fingerprint density at radius 1 is 1.00 bits per heavy atom. The highest BCUT2D eigenvalue weighted by Crippen LogP contribution is 2.34. The molecule has 0 spiro atoms. The highest BCUT2D eigenvalue weighted by atomic mass is 127. The van der Waals surface area contributed by atoms with Crippen LogP contribution in [0.2, 0.25) is 15.1 Å². The van der Waals surface area contributed by atoms with E-state index in [1.807, 2.05) is 49.4 Å². The van der Waals surface area contributed by atoms with Crippen LogP contribution in [0, 0.1) is 3.57 Å². The first-order chi connectivity index (χ1) is 15.0. The molecule has 0 bridgehead atoms. The second-order valence-electron chi connectivity index (χ2n) is 6.47. The van der Waals surface area contributed by atoms with Gasteiger partial charge in [-0.2, -0.15) is 5.10 Å². The van der Waals surface area contributed by atoms with Crippen molar-refractivity contribution in [2.45, 2.75) is 20.1 Å². The number of nitrogens with one attached hydrogen (secondary N) is 1. The van der Waals surface area contributed by atoms with Crippen molar-refractivity contribution in [3.8, 4) is 11.5 Å². The van der Waals surface area contributed by atoms with Crippen molar-refractivity contribution in [2.75, 3.05) is 6.61 Å². The molecular weight excluding hydrogens is 570 g/mol. The van der Waals surface area contributed by atoms with Crippen LogP contribution in [-0.2, 0) is 13.2 Å². The lowest BCUT2D eigenvalue weighted by Crippen LogP contribution is -2.07. The molecule has 1 N–H and O–H groups in total. The van der Waals surface area contributed by atoms with Gasteiger partial charge in [-0.3, -0.25) is 0 Å². The summed E-state index contributed by atoms with van der Waals surface area (Å²) in [6.07, 6.45) is 1.72. The molecule has 0 aromatic heterocycles. The average molecular weight is 590 g/mol. The van der Waals surface area contributed by atoms with E-state index in [1.54, 1.807) is 18.3 Å². The molecule has 0 fully saturated rings. The second kappa shape index (κ2) is 11.8. The summed E-state index contributed by atoms with van der Waals surface area (Å²) in [5, 5.41) is 6.19. The third kappa shape index (κ3) is 6.91. The monoisotopic (exact) mass is 588 g/mol. The third-order valence-corrected chi connectivity index (χ3v) is 6.01. The Bertz CT molecular complexity index is 1040. The number of hydrogen-bond acceptors (Lipinski definition) is 4. The fraction of sp³-hybridized carbons (Fsp3) is 0.174. The van der Waals surface area contributed by atoms with Crippen molar-refractivity contribution in [3.05, 3.63) is 89.9 Å². The van der Waals surface area contributed by atoms with Crippen molar-refractivity contribution in [1.29, 1.82) is 0 Å². The molecule has 162 valence electrons. The minimum absolute atomic E-state index is 0.417. The van der Waals surface area contributed by atoms with Crippen molar-refractivity contribution < 1.29 is 9.47 Å². The quantitative estimate of drug-likeness (QED) is 0.161. The van der Waals surface area contributed by atoms with Gasteiger partial charge < -0.3 is 14.9 Å². The van der Waals surface area contributed by atoms with Crippen LogP contribution in [0.25, 0.3) is 0 Å². The number of benzene rings is 3. The minimum Gasteiger partial charge on any atom is -0.490 e. The summed E-state index contributed by atoms with van der Waals surface area (Å²) >= 11 is 20.6. The summed E-state index contributed by atoms with van der Waals surface area (Å²) in [4.78, 5) is 0. The Hall–Kier alpha value is -1.67. The van der Waals surface area contributed by atoms with E-state index in [9.17, 15) is 0 Å². The zero-order chi connectivity index (χ0) is 22.2. The first-order valence-electron chi connectivity index (χ1n) is 9.50. The highest BCUT2D eigenvalue weighted by molar-refractivity contribution is 14.1. The molecule has 0 saturated heterocycles. The van der Waals surface area contributed by atoms with E-state index in [2.05, 4.69) is 33.1 Å². The van der Waals surface area contributed by atoms with Crippen LogP contribution >= 0.6 is 57.4 Å². The first-order valence-corrected chi connectivity index (χ1v) is 11.7. The smallest absolute Gasteiger partial charge is 0.175 e. The van der Waals surface area contributed by atoms with Crippen LogP contribution < -0.4 is 14.9 Å². The lowest BCUT2D eigenvalue weighted by molar-refractivity contribution is 0.267. The lowest BCUT2D eigenvalue weighted by atomic mass is 10.2. The number of hydrazone groups is 1. The molecule has 31 heavy (non-hydrogen) atoms. The summed E-state index contributed by atoms with van der Waals surface area (Å²) < 4.78 is 12.8. The number of hydrogen-bond donors (Lipinski definition) is 1. The maximum Gasteiger partial charge on any atom is 0.175 e. The van der Waals surface area contributed by atoms with Gasteiger partial charge in [-0.1, -0.05) is 53.0 Å². The topological polar surface area (TPSA) is 42.8 Å². The normalized spacial score (nSPS) is 11.0. The summed E-state index contributed by atoms with van der Waals surface area (Å²) in [5.41, 5.74) is 5.69. The van der Waals surface area contributed by atoms with E-state index in [4.69, 9.17) is 44.3 Å². The standard InChI is InChI=1S/C23H20Cl3IN2O2/c1-2-30-22-11-16(12-28-29-13-18-19(25)4-3-5-20(18)26)10-21(27)23(22)31-14-15-6-8-17(24)9-7-15/h3-12,29H,2,13-14H2,1H3/b28-12+. The fourth-order valence-corrected chi connectivity index (χ4v) is 4.19. The number of rotatable bonds is 9. The summed E-state index contributed by atoms with van der Waals surface area (Å²) in [7, 11) is 0. The molecule has 0 aliphatic carbocycles. The van der Waals surface area contributed by atoms with Crippen LogP contribution in [0.4, 0.5) is 0 Å². The Kier molecular flexibility index (Phi) is 9.14. The van der Waals surface area contributed by atoms with Crippen molar-refractivity contribution in [3.63, 3.8) is 0 Å². The zero-order valence-corrected chi connectivity index (χ0v) is 21.1. The largest absolute Gasteiger partial charge is 0.490 e. The molecule has 0 aliphatic heterocycles. The number of ether oxygens (including phenoxy) is 2. The molecule has 3 rings (SSSR count). The molecule has 4 nitrogen and oxygen atoms in total. The number of halogens is 4. The van der Waals surface area contributed by atoms with Gasteiger partial charge in [-0.15, -0.1) is 0 Å². The molecule has 8 heteroatoms.